The number of likely N-dealkylation sites (tertiary alicyclic amines) is 1. The summed E-state index contributed by atoms with van der Waals surface area (Å²) in [4.78, 5) is 31.0. The van der Waals surface area contributed by atoms with Crippen molar-refractivity contribution in [3.63, 3.8) is 0 Å². The minimum absolute atomic E-state index is 0.0616. The maximum absolute atomic E-state index is 13.9. The molecule has 9 nitrogen and oxygen atoms in total. The molecule has 0 spiro atoms. The van der Waals surface area contributed by atoms with Gasteiger partial charge < -0.3 is 28.9 Å². The first-order chi connectivity index (χ1) is 21.1. The predicted octanol–water partition coefficient (Wildman–Crippen LogP) is 4.57. The smallest absolute Gasteiger partial charge is 0.308 e. The van der Waals surface area contributed by atoms with E-state index < -0.39 is 11.9 Å². The molecule has 1 amide bonds. The number of carbonyl (C=O) groups is 2. The van der Waals surface area contributed by atoms with Crippen LogP contribution in [0.2, 0.25) is 0 Å². The van der Waals surface area contributed by atoms with Crippen molar-refractivity contribution in [3.05, 3.63) is 59.8 Å². The fourth-order valence-corrected chi connectivity index (χ4v) is 6.99. The van der Waals surface area contributed by atoms with Crippen molar-refractivity contribution in [2.45, 2.75) is 57.5 Å². The van der Waals surface area contributed by atoms with E-state index in [0.717, 1.165) is 64.4 Å². The first-order valence-corrected chi connectivity index (χ1v) is 16.1. The summed E-state index contributed by atoms with van der Waals surface area (Å²) in [5, 5.41) is 23.3. The van der Waals surface area contributed by atoms with E-state index in [4.69, 9.17) is 4.74 Å². The van der Waals surface area contributed by atoms with E-state index in [-0.39, 0.29) is 30.3 Å². The Balaban J connectivity index is 1.41. The third-order valence-electron chi connectivity index (χ3n) is 9.34. The van der Waals surface area contributed by atoms with Gasteiger partial charge in [-0.05, 0) is 36.1 Å². The lowest BCUT2D eigenvalue weighted by atomic mass is 9.83. The Morgan fingerprint density at radius 1 is 1.09 bits per heavy atom. The Morgan fingerprint density at radius 2 is 1.86 bits per heavy atom. The van der Waals surface area contributed by atoms with Crippen LogP contribution in [0.4, 0.5) is 0 Å². The molecule has 44 heavy (non-hydrogen) atoms. The maximum atomic E-state index is 13.9. The Morgan fingerprint density at radius 3 is 2.59 bits per heavy atom. The van der Waals surface area contributed by atoms with Crippen molar-refractivity contribution in [2.24, 2.45) is 5.92 Å². The van der Waals surface area contributed by atoms with Crippen LogP contribution in [0, 0.1) is 5.92 Å². The van der Waals surface area contributed by atoms with Gasteiger partial charge in [-0.3, -0.25) is 14.5 Å². The molecule has 3 atom stereocenters. The highest BCUT2D eigenvalue weighted by Crippen LogP contribution is 2.41. The quantitative estimate of drug-likeness (QED) is 0.262. The van der Waals surface area contributed by atoms with Gasteiger partial charge in [0.15, 0.2) is 5.88 Å². The molecular formula is C35H49N4O5+. The molecular weight excluding hydrogens is 556 g/mol. The van der Waals surface area contributed by atoms with Crippen molar-refractivity contribution in [1.29, 1.82) is 0 Å². The lowest BCUT2D eigenvalue weighted by Crippen LogP contribution is -2.45. The zero-order chi connectivity index (χ0) is 31.4. The molecule has 0 bridgehead atoms. The van der Waals surface area contributed by atoms with Gasteiger partial charge >= 0.3 is 5.97 Å². The number of unbranched alkanes of at least 4 members (excludes halogenated alkanes) is 1. The number of aromatic nitrogens is 1. The predicted molar refractivity (Wildman–Crippen MR) is 172 cm³/mol. The number of carbonyl (C=O) groups excluding carboxylic acids is 1. The van der Waals surface area contributed by atoms with Gasteiger partial charge in [0.1, 0.15) is 5.75 Å². The third kappa shape index (κ3) is 7.21. The van der Waals surface area contributed by atoms with Crippen molar-refractivity contribution in [1.82, 2.24) is 14.4 Å². The lowest BCUT2D eigenvalue weighted by molar-refractivity contribution is -0.870. The number of quaternary nitrogens is 1. The summed E-state index contributed by atoms with van der Waals surface area (Å²) in [6.45, 7) is 6.30. The zero-order valence-corrected chi connectivity index (χ0v) is 26.7. The van der Waals surface area contributed by atoms with Crippen LogP contribution in [-0.2, 0) is 22.6 Å². The number of fused-ring (bicyclic) bond motifs is 2. The molecule has 0 unspecified atom stereocenters. The molecule has 238 valence electrons. The largest absolute Gasteiger partial charge is 0.494 e. The van der Waals surface area contributed by atoms with Gasteiger partial charge in [0.05, 0.1) is 46.8 Å². The number of aliphatic carboxylic acids is 1. The molecule has 9 heteroatoms. The molecule has 0 aliphatic carbocycles. The number of nitrogens with zero attached hydrogens (tertiary/aromatic N) is 4. The molecule has 3 aromatic rings. The maximum Gasteiger partial charge on any atom is 0.308 e. The standard InChI is InChI=1S/C35H48N4O5/c1-5-6-16-36(17-9-19-39(2,3)4)32(40)24-38-23-29(25-12-13-31-26(21-25)15-20-44-31)33(35(42)43)30(38)14-18-37-22-27-10-7-8-11-28(27)34(37)41/h7-8,10-13,21-22,29-30,33H,5-6,9,14-20,23-24H2,1-4H3,(H-,41,42,43)/p+1/t29-,30+,33-/m1/s1. The molecule has 1 saturated heterocycles. The Hall–Kier alpha value is -3.56. The Labute approximate surface area is 261 Å². The van der Waals surface area contributed by atoms with Gasteiger partial charge in [-0.15, -0.1) is 0 Å². The van der Waals surface area contributed by atoms with Gasteiger partial charge in [-0.2, -0.15) is 0 Å². The molecule has 5 rings (SSSR count). The van der Waals surface area contributed by atoms with E-state index >= 15 is 0 Å². The average molecular weight is 606 g/mol. The number of carboxylic acid groups (broad SMARTS) is 1. The highest BCUT2D eigenvalue weighted by molar-refractivity contribution is 5.87. The molecule has 1 aromatic heterocycles. The summed E-state index contributed by atoms with van der Waals surface area (Å²) >= 11 is 0. The number of ether oxygens (including phenoxy) is 1. The number of aromatic hydroxyl groups is 1. The van der Waals surface area contributed by atoms with E-state index in [0.29, 0.717) is 39.2 Å². The van der Waals surface area contributed by atoms with Gasteiger partial charge in [-0.1, -0.05) is 43.7 Å². The van der Waals surface area contributed by atoms with Crippen LogP contribution >= 0.6 is 0 Å². The van der Waals surface area contributed by atoms with Gasteiger partial charge in [0.25, 0.3) is 0 Å². The van der Waals surface area contributed by atoms with Crippen LogP contribution in [0.3, 0.4) is 0 Å². The SMILES string of the molecule is CCCCN(CCC[N+](C)(C)C)C(=O)CN1C[C@H](c2ccc3c(c2)CCO3)[C@@H](C(=O)O)[C@@H]1CCn1cc2ccccc2c1O. The summed E-state index contributed by atoms with van der Waals surface area (Å²) in [7, 11) is 6.49. The number of amides is 1. The molecule has 1 fully saturated rings. The van der Waals surface area contributed by atoms with Crippen molar-refractivity contribution in [2.75, 3.05) is 60.5 Å². The zero-order valence-electron chi connectivity index (χ0n) is 26.7. The molecule has 3 heterocycles. The molecule has 0 saturated carbocycles. The van der Waals surface area contributed by atoms with E-state index in [9.17, 15) is 19.8 Å². The number of rotatable bonds is 14. The number of aryl methyl sites for hydroxylation is 1. The molecule has 0 radical (unpaired) electrons. The topological polar surface area (TPSA) is 95.2 Å². The second-order valence-corrected chi connectivity index (χ2v) is 13.6. The van der Waals surface area contributed by atoms with E-state index in [1.54, 1.807) is 0 Å². The Bertz CT molecular complexity index is 1460. The second kappa shape index (κ2) is 13.6. The summed E-state index contributed by atoms with van der Waals surface area (Å²) in [5.74, 6) is -0.664. The highest BCUT2D eigenvalue weighted by atomic mass is 16.5. The average Bonchev–Trinajstić information content (AvgIpc) is 3.68. The van der Waals surface area contributed by atoms with Crippen LogP contribution in [-0.4, -0.2) is 107 Å². The monoisotopic (exact) mass is 605 g/mol. The normalized spacial score (nSPS) is 20.1. The van der Waals surface area contributed by atoms with Crippen molar-refractivity contribution in [3.8, 4) is 11.6 Å². The van der Waals surface area contributed by atoms with Crippen molar-refractivity contribution >= 4 is 22.6 Å². The summed E-state index contributed by atoms with van der Waals surface area (Å²) in [5.41, 5.74) is 2.10. The first kappa shape index (κ1) is 31.9. The third-order valence-corrected chi connectivity index (χ3v) is 9.34. The number of hydrogen-bond acceptors (Lipinski definition) is 5. The number of benzene rings is 2. The van der Waals surface area contributed by atoms with Crippen LogP contribution in [0.1, 0.15) is 49.7 Å². The van der Waals surface area contributed by atoms with Gasteiger partial charge in [-0.25, -0.2) is 0 Å². The minimum atomic E-state index is -0.848. The highest BCUT2D eigenvalue weighted by Gasteiger charge is 2.47. The lowest BCUT2D eigenvalue weighted by Gasteiger charge is -2.31. The molecule has 2 aliphatic rings. The molecule has 2 aromatic carbocycles. The first-order valence-electron chi connectivity index (χ1n) is 16.1. The van der Waals surface area contributed by atoms with Gasteiger partial charge in [0.2, 0.25) is 5.91 Å². The molecule has 2 aliphatic heterocycles. The fourth-order valence-electron chi connectivity index (χ4n) is 6.99. The van der Waals surface area contributed by atoms with Crippen molar-refractivity contribution < 1.29 is 29.0 Å². The minimum Gasteiger partial charge on any atom is -0.494 e. The summed E-state index contributed by atoms with van der Waals surface area (Å²) in [6.07, 6.45) is 6.10. The van der Waals surface area contributed by atoms with E-state index in [2.05, 4.69) is 39.0 Å². The Kier molecular flexibility index (Phi) is 9.85. The van der Waals surface area contributed by atoms with Crippen LogP contribution in [0.15, 0.2) is 48.7 Å². The number of hydrogen-bond donors (Lipinski definition) is 2. The summed E-state index contributed by atoms with van der Waals surface area (Å²) < 4.78 is 8.37. The van der Waals surface area contributed by atoms with E-state index in [1.807, 2.05) is 52.1 Å². The number of carboxylic acids is 1. The second-order valence-electron chi connectivity index (χ2n) is 13.6. The van der Waals surface area contributed by atoms with Gasteiger partial charge in [0, 0.05) is 67.9 Å². The van der Waals surface area contributed by atoms with Crippen LogP contribution in [0.5, 0.6) is 11.6 Å². The fraction of sp³-hybridized carbons (Fsp3) is 0.543. The summed E-state index contributed by atoms with van der Waals surface area (Å²) in [6, 6.07) is 13.4. The van der Waals surface area contributed by atoms with E-state index in [1.165, 1.54) is 0 Å². The molecule has 2 N–H and O–H groups in total. The van der Waals surface area contributed by atoms with Crippen LogP contribution in [0.25, 0.3) is 10.8 Å². The van der Waals surface area contributed by atoms with Crippen LogP contribution < -0.4 is 4.74 Å².